The molecular formula is C17H27ClN2O2. The Bertz CT molecular complexity index is 475. The number of ether oxygens (including phenoxy) is 1. The quantitative estimate of drug-likeness (QED) is 0.560. The molecule has 5 heteroatoms. The lowest BCUT2D eigenvalue weighted by Crippen LogP contribution is -2.37. The minimum atomic E-state index is -0.554. The van der Waals surface area contributed by atoms with Gasteiger partial charge in [-0.15, -0.1) is 11.6 Å². The first-order chi connectivity index (χ1) is 10.3. The number of halogens is 1. The monoisotopic (exact) mass is 326 g/mol. The van der Waals surface area contributed by atoms with Gasteiger partial charge in [0.15, 0.2) is 0 Å². The van der Waals surface area contributed by atoms with Gasteiger partial charge in [0, 0.05) is 19.0 Å². The molecule has 22 heavy (non-hydrogen) atoms. The molecular weight excluding hydrogens is 300 g/mol. The lowest BCUT2D eigenvalue weighted by Gasteiger charge is -2.20. The summed E-state index contributed by atoms with van der Waals surface area (Å²) in [4.78, 5) is 14.1. The normalized spacial score (nSPS) is 11.5. The largest absolute Gasteiger partial charge is 0.494 e. The fourth-order valence-electron chi connectivity index (χ4n) is 1.80. The first kappa shape index (κ1) is 18.8. The maximum Gasteiger partial charge on any atom is 0.227 e. The van der Waals surface area contributed by atoms with Gasteiger partial charge in [0.1, 0.15) is 5.75 Å². The maximum atomic E-state index is 12.0. The predicted octanol–water partition coefficient (Wildman–Crippen LogP) is 2.90. The molecule has 0 unspecified atom stereocenters. The summed E-state index contributed by atoms with van der Waals surface area (Å²) >= 11 is 5.80. The Morgan fingerprint density at radius 3 is 2.73 bits per heavy atom. The lowest BCUT2D eigenvalue weighted by atomic mass is 9.95. The molecule has 0 saturated heterocycles. The van der Waals surface area contributed by atoms with E-state index in [-0.39, 0.29) is 5.91 Å². The van der Waals surface area contributed by atoms with Crippen LogP contribution in [0.4, 0.5) is 0 Å². The zero-order chi connectivity index (χ0) is 16.6. The van der Waals surface area contributed by atoms with Crippen molar-refractivity contribution in [3.8, 4) is 5.75 Å². The molecule has 0 aromatic heterocycles. The Labute approximate surface area is 138 Å². The zero-order valence-electron chi connectivity index (χ0n) is 14.0. The van der Waals surface area contributed by atoms with Crippen LogP contribution in [0.15, 0.2) is 24.3 Å². The Morgan fingerprint density at radius 2 is 2.09 bits per heavy atom. The second-order valence-corrected chi connectivity index (χ2v) is 6.62. The molecule has 0 atom stereocenters. The summed E-state index contributed by atoms with van der Waals surface area (Å²) in [5, 5.41) is 2.91. The van der Waals surface area contributed by atoms with Crippen molar-refractivity contribution in [3.63, 3.8) is 0 Å². The van der Waals surface area contributed by atoms with Crippen molar-refractivity contribution in [1.82, 2.24) is 10.2 Å². The molecule has 0 fully saturated rings. The number of hydrogen-bond acceptors (Lipinski definition) is 3. The average molecular weight is 327 g/mol. The molecule has 4 nitrogen and oxygen atoms in total. The number of amides is 1. The van der Waals surface area contributed by atoms with E-state index in [0.717, 1.165) is 24.3 Å². The van der Waals surface area contributed by atoms with Crippen LogP contribution in [0, 0.1) is 5.41 Å². The van der Waals surface area contributed by atoms with Crippen molar-refractivity contribution in [1.29, 1.82) is 0 Å². The maximum absolute atomic E-state index is 12.0. The number of rotatable bonds is 9. The highest BCUT2D eigenvalue weighted by Crippen LogP contribution is 2.18. The third kappa shape index (κ3) is 6.67. The molecule has 1 aromatic carbocycles. The van der Waals surface area contributed by atoms with Crippen molar-refractivity contribution in [2.75, 3.05) is 33.1 Å². The van der Waals surface area contributed by atoms with Crippen molar-refractivity contribution in [2.45, 2.75) is 26.8 Å². The second kappa shape index (κ2) is 9.01. The van der Waals surface area contributed by atoms with Gasteiger partial charge in [-0.05, 0) is 52.1 Å². The molecule has 0 radical (unpaired) electrons. The van der Waals surface area contributed by atoms with Gasteiger partial charge in [0.05, 0.1) is 12.0 Å². The van der Waals surface area contributed by atoms with Gasteiger partial charge < -0.3 is 15.0 Å². The SMILES string of the molecule is CN(C)CCCOc1cccc(CNC(=O)C(C)(C)CCl)c1. The first-order valence-corrected chi connectivity index (χ1v) is 8.09. The number of hydrogen-bond donors (Lipinski definition) is 1. The minimum absolute atomic E-state index is 0.0418. The molecule has 1 aromatic rings. The van der Waals surface area contributed by atoms with Crippen LogP contribution in [-0.4, -0.2) is 43.9 Å². The van der Waals surface area contributed by atoms with E-state index in [0.29, 0.717) is 19.0 Å². The van der Waals surface area contributed by atoms with E-state index in [9.17, 15) is 4.79 Å². The highest BCUT2D eigenvalue weighted by molar-refractivity contribution is 6.19. The van der Waals surface area contributed by atoms with Crippen LogP contribution in [0.3, 0.4) is 0 Å². The van der Waals surface area contributed by atoms with Gasteiger partial charge >= 0.3 is 0 Å². The summed E-state index contributed by atoms with van der Waals surface area (Å²) in [5.41, 5.74) is 0.464. The zero-order valence-corrected chi connectivity index (χ0v) is 14.7. The number of benzene rings is 1. The number of nitrogens with one attached hydrogen (secondary N) is 1. The number of alkyl halides is 1. The van der Waals surface area contributed by atoms with E-state index < -0.39 is 5.41 Å². The van der Waals surface area contributed by atoms with Crippen LogP contribution < -0.4 is 10.1 Å². The van der Waals surface area contributed by atoms with Crippen molar-refractivity contribution < 1.29 is 9.53 Å². The molecule has 0 saturated carbocycles. The summed E-state index contributed by atoms with van der Waals surface area (Å²) in [7, 11) is 4.09. The summed E-state index contributed by atoms with van der Waals surface area (Å²) in [6.07, 6.45) is 0.984. The Hall–Kier alpha value is -1.26. The Balaban J connectivity index is 2.45. The molecule has 1 N–H and O–H groups in total. The molecule has 0 aliphatic heterocycles. The number of carbonyl (C=O) groups is 1. The highest BCUT2D eigenvalue weighted by Gasteiger charge is 2.25. The number of carbonyl (C=O) groups excluding carboxylic acids is 1. The standard InChI is InChI=1S/C17H27ClN2O2/c1-17(2,13-18)16(21)19-12-14-7-5-8-15(11-14)22-10-6-9-20(3)4/h5,7-8,11H,6,9-10,12-13H2,1-4H3,(H,19,21). The molecule has 0 aliphatic rings. The fraction of sp³-hybridized carbons (Fsp3) is 0.588. The minimum Gasteiger partial charge on any atom is -0.494 e. The fourth-order valence-corrected chi connectivity index (χ4v) is 1.92. The summed E-state index contributed by atoms with van der Waals surface area (Å²) in [6.45, 7) is 5.84. The van der Waals surface area contributed by atoms with Crippen LogP contribution in [0.25, 0.3) is 0 Å². The predicted molar refractivity (Wildman–Crippen MR) is 91.5 cm³/mol. The Morgan fingerprint density at radius 1 is 1.36 bits per heavy atom. The summed E-state index contributed by atoms with van der Waals surface area (Å²) < 4.78 is 5.73. The van der Waals surface area contributed by atoms with Gasteiger partial charge in [-0.1, -0.05) is 12.1 Å². The molecule has 124 valence electrons. The van der Waals surface area contributed by atoms with Crippen LogP contribution in [0.5, 0.6) is 5.75 Å². The van der Waals surface area contributed by atoms with Gasteiger partial charge in [0.2, 0.25) is 5.91 Å². The molecule has 0 bridgehead atoms. The summed E-state index contributed by atoms with van der Waals surface area (Å²) in [5.74, 6) is 1.09. The third-order valence-corrected chi connectivity index (χ3v) is 3.99. The van der Waals surface area contributed by atoms with E-state index in [1.807, 2.05) is 52.2 Å². The smallest absolute Gasteiger partial charge is 0.227 e. The van der Waals surface area contributed by atoms with Crippen molar-refractivity contribution in [2.24, 2.45) is 5.41 Å². The van der Waals surface area contributed by atoms with Crippen molar-refractivity contribution >= 4 is 17.5 Å². The van der Waals surface area contributed by atoms with Gasteiger partial charge in [-0.3, -0.25) is 4.79 Å². The van der Waals surface area contributed by atoms with Crippen molar-refractivity contribution in [3.05, 3.63) is 29.8 Å². The number of nitrogens with zero attached hydrogens (tertiary/aromatic N) is 1. The van der Waals surface area contributed by atoms with Gasteiger partial charge in [-0.2, -0.15) is 0 Å². The third-order valence-electron chi connectivity index (χ3n) is 3.32. The molecule has 1 rings (SSSR count). The van der Waals surface area contributed by atoms with E-state index in [2.05, 4.69) is 10.2 Å². The second-order valence-electron chi connectivity index (χ2n) is 6.35. The summed E-state index contributed by atoms with van der Waals surface area (Å²) in [6, 6.07) is 7.81. The van der Waals surface area contributed by atoms with E-state index in [1.165, 1.54) is 0 Å². The van der Waals surface area contributed by atoms with Crippen LogP contribution >= 0.6 is 11.6 Å². The van der Waals surface area contributed by atoms with Crippen LogP contribution in [0.2, 0.25) is 0 Å². The average Bonchev–Trinajstić information content (AvgIpc) is 2.49. The molecule has 0 heterocycles. The highest BCUT2D eigenvalue weighted by atomic mass is 35.5. The van der Waals surface area contributed by atoms with Crippen LogP contribution in [-0.2, 0) is 11.3 Å². The molecule has 1 amide bonds. The van der Waals surface area contributed by atoms with Crippen LogP contribution in [0.1, 0.15) is 25.8 Å². The van der Waals surface area contributed by atoms with E-state index in [4.69, 9.17) is 16.3 Å². The van der Waals surface area contributed by atoms with Gasteiger partial charge in [-0.25, -0.2) is 0 Å². The lowest BCUT2D eigenvalue weighted by molar-refractivity contribution is -0.128. The topological polar surface area (TPSA) is 41.6 Å². The first-order valence-electron chi connectivity index (χ1n) is 7.56. The Kier molecular flexibility index (Phi) is 7.69. The van der Waals surface area contributed by atoms with E-state index in [1.54, 1.807) is 0 Å². The van der Waals surface area contributed by atoms with Gasteiger partial charge in [0.25, 0.3) is 0 Å². The van der Waals surface area contributed by atoms with E-state index >= 15 is 0 Å². The molecule has 0 aliphatic carbocycles. The molecule has 0 spiro atoms.